The minimum absolute atomic E-state index is 0.683. The lowest BCUT2D eigenvalue weighted by atomic mass is 10.2. The maximum absolute atomic E-state index is 10.6. The summed E-state index contributed by atoms with van der Waals surface area (Å²) in [4.78, 5) is 9.17. The molecule has 0 amide bonds. The van der Waals surface area contributed by atoms with Crippen molar-refractivity contribution in [3.63, 3.8) is 0 Å². The number of carbonyl (C=O) groups is 1. The van der Waals surface area contributed by atoms with Gasteiger partial charge in [-0.15, -0.1) is 0 Å². The molecule has 0 fully saturated rings. The second-order valence-electron chi connectivity index (χ2n) is 2.80. The van der Waals surface area contributed by atoms with E-state index in [1.54, 1.807) is 24.3 Å². The average molecular weight is 200 g/mol. The number of hydrogen-bond acceptors (Lipinski definition) is 2. The first-order valence-electron chi connectivity index (χ1n) is 3.78. The van der Waals surface area contributed by atoms with Crippen molar-refractivity contribution in [2.45, 2.75) is 11.9 Å². The normalized spacial score (nSPS) is 14.6. The Morgan fingerprint density at radius 1 is 1.46 bits per heavy atom. The van der Waals surface area contributed by atoms with Crippen molar-refractivity contribution in [1.82, 2.24) is 0 Å². The molecule has 70 valence electrons. The predicted octanol–water partition coefficient (Wildman–Crippen LogP) is 2.14. The zero-order valence-corrected chi connectivity index (χ0v) is 7.88. The molecule has 1 unspecified atom stereocenters. The summed E-state index contributed by atoms with van der Waals surface area (Å²) < 4.78 is 0. The molecule has 0 aliphatic carbocycles. The summed E-state index contributed by atoms with van der Waals surface area (Å²) in [5.41, 5.74) is 0.683. The van der Waals surface area contributed by atoms with Crippen LogP contribution in [0.25, 0.3) is 0 Å². The van der Waals surface area contributed by atoms with Gasteiger partial charge in [0, 0.05) is 5.69 Å². The van der Waals surface area contributed by atoms with Gasteiger partial charge < -0.3 is 10.4 Å². The van der Waals surface area contributed by atoms with E-state index in [4.69, 9.17) is 16.7 Å². The van der Waals surface area contributed by atoms with Gasteiger partial charge in [0.1, 0.15) is 0 Å². The first-order chi connectivity index (χ1) is 6.02. The van der Waals surface area contributed by atoms with Crippen molar-refractivity contribution in [1.29, 1.82) is 0 Å². The molecule has 0 radical (unpaired) electrons. The number of carboxylic acid groups (broad SMARTS) is 1. The van der Waals surface area contributed by atoms with Crippen molar-refractivity contribution < 1.29 is 9.90 Å². The van der Waals surface area contributed by atoms with Crippen LogP contribution < -0.4 is 5.32 Å². The van der Waals surface area contributed by atoms with E-state index in [1.807, 2.05) is 6.07 Å². The molecule has 1 aromatic rings. The summed E-state index contributed by atoms with van der Waals surface area (Å²) in [6.45, 7) is 1.39. The van der Waals surface area contributed by atoms with Gasteiger partial charge in [0.05, 0.1) is 0 Å². The number of halogens is 1. The van der Waals surface area contributed by atoms with E-state index in [-0.39, 0.29) is 0 Å². The Morgan fingerprint density at radius 2 is 2.00 bits per heavy atom. The van der Waals surface area contributed by atoms with Gasteiger partial charge in [-0.1, -0.05) is 29.8 Å². The van der Waals surface area contributed by atoms with Crippen LogP contribution in [-0.4, -0.2) is 16.1 Å². The molecule has 1 atom stereocenters. The monoisotopic (exact) mass is 199 g/mol. The van der Waals surface area contributed by atoms with Gasteiger partial charge in [0.25, 0.3) is 0 Å². The van der Waals surface area contributed by atoms with Crippen LogP contribution >= 0.6 is 11.6 Å². The molecule has 0 heterocycles. The van der Waals surface area contributed by atoms with Crippen molar-refractivity contribution in [3.8, 4) is 0 Å². The molecular weight excluding hydrogens is 190 g/mol. The van der Waals surface area contributed by atoms with Crippen LogP contribution in [0.4, 0.5) is 5.69 Å². The van der Waals surface area contributed by atoms with Crippen LogP contribution in [0.15, 0.2) is 30.3 Å². The van der Waals surface area contributed by atoms with E-state index >= 15 is 0 Å². The highest BCUT2D eigenvalue weighted by atomic mass is 35.5. The third-order valence-electron chi connectivity index (χ3n) is 1.55. The standard InChI is InChI=1S/C9H10ClNO2/c1-9(10,8(12)13)11-7-5-3-2-4-6-7/h2-6,11H,1H3,(H,12,13). The van der Waals surface area contributed by atoms with E-state index in [9.17, 15) is 4.79 Å². The lowest BCUT2D eigenvalue weighted by Gasteiger charge is -2.19. The zero-order valence-electron chi connectivity index (χ0n) is 7.12. The van der Waals surface area contributed by atoms with Crippen LogP contribution in [0.3, 0.4) is 0 Å². The molecule has 13 heavy (non-hydrogen) atoms. The number of aliphatic carboxylic acids is 1. The lowest BCUT2D eigenvalue weighted by molar-refractivity contribution is -0.138. The second-order valence-corrected chi connectivity index (χ2v) is 3.56. The molecule has 1 aromatic carbocycles. The summed E-state index contributed by atoms with van der Waals surface area (Å²) in [7, 11) is 0. The Hall–Kier alpha value is -1.22. The summed E-state index contributed by atoms with van der Waals surface area (Å²) in [5, 5.41) is 11.4. The van der Waals surface area contributed by atoms with Gasteiger partial charge in [-0.05, 0) is 19.1 Å². The first kappa shape index (κ1) is 9.86. The van der Waals surface area contributed by atoms with Crippen molar-refractivity contribution >= 4 is 23.3 Å². The van der Waals surface area contributed by atoms with Gasteiger partial charge in [-0.25, -0.2) is 4.79 Å². The molecule has 0 bridgehead atoms. The molecule has 4 heteroatoms. The van der Waals surface area contributed by atoms with Crippen LogP contribution in [0.1, 0.15) is 6.92 Å². The summed E-state index contributed by atoms with van der Waals surface area (Å²) >= 11 is 5.69. The topological polar surface area (TPSA) is 49.3 Å². The Morgan fingerprint density at radius 3 is 2.46 bits per heavy atom. The number of rotatable bonds is 3. The van der Waals surface area contributed by atoms with Crippen LogP contribution in [-0.2, 0) is 4.79 Å². The quantitative estimate of drug-likeness (QED) is 0.579. The van der Waals surface area contributed by atoms with Crippen molar-refractivity contribution in [2.75, 3.05) is 5.32 Å². The molecule has 0 aliphatic rings. The Kier molecular flexibility index (Phi) is 2.78. The fourth-order valence-corrected chi connectivity index (χ4v) is 0.955. The number of alkyl halides is 1. The van der Waals surface area contributed by atoms with Gasteiger partial charge >= 0.3 is 5.97 Å². The van der Waals surface area contributed by atoms with Gasteiger partial charge in [-0.3, -0.25) is 0 Å². The molecule has 0 aromatic heterocycles. The highest BCUT2D eigenvalue weighted by Crippen LogP contribution is 2.18. The summed E-state index contributed by atoms with van der Waals surface area (Å²) in [6, 6.07) is 8.96. The minimum Gasteiger partial charge on any atom is -0.479 e. The SMILES string of the molecule is CC(Cl)(Nc1ccccc1)C(=O)O. The van der Waals surface area contributed by atoms with Gasteiger partial charge in [0.2, 0.25) is 5.00 Å². The van der Waals surface area contributed by atoms with E-state index < -0.39 is 11.0 Å². The minimum atomic E-state index is -1.46. The average Bonchev–Trinajstić information content (AvgIpc) is 2.05. The molecule has 3 nitrogen and oxygen atoms in total. The van der Waals surface area contributed by atoms with E-state index in [2.05, 4.69) is 5.32 Å². The van der Waals surface area contributed by atoms with Crippen LogP contribution in [0.5, 0.6) is 0 Å². The third kappa shape index (κ3) is 2.63. The third-order valence-corrected chi connectivity index (χ3v) is 1.81. The largest absolute Gasteiger partial charge is 0.479 e. The maximum Gasteiger partial charge on any atom is 0.344 e. The number of nitrogens with one attached hydrogen (secondary N) is 1. The highest BCUT2D eigenvalue weighted by molar-refractivity contribution is 6.34. The predicted molar refractivity (Wildman–Crippen MR) is 52.0 cm³/mol. The molecule has 0 saturated heterocycles. The molecule has 2 N–H and O–H groups in total. The molecule has 0 aliphatic heterocycles. The highest BCUT2D eigenvalue weighted by Gasteiger charge is 2.29. The summed E-state index contributed by atoms with van der Waals surface area (Å²) in [5.74, 6) is -1.10. The fraction of sp³-hybridized carbons (Fsp3) is 0.222. The van der Waals surface area contributed by atoms with Crippen molar-refractivity contribution in [3.05, 3.63) is 30.3 Å². The number of carboxylic acids is 1. The number of para-hydroxylation sites is 1. The van der Waals surface area contributed by atoms with Crippen LogP contribution in [0.2, 0.25) is 0 Å². The van der Waals surface area contributed by atoms with Gasteiger partial charge in [0.15, 0.2) is 0 Å². The molecule has 0 spiro atoms. The Labute approximate surface area is 81.3 Å². The molecule has 0 saturated carbocycles. The summed E-state index contributed by atoms with van der Waals surface area (Å²) in [6.07, 6.45) is 0. The van der Waals surface area contributed by atoms with E-state index in [1.165, 1.54) is 6.92 Å². The Bertz CT molecular complexity index is 298. The van der Waals surface area contributed by atoms with E-state index in [0.717, 1.165) is 0 Å². The smallest absolute Gasteiger partial charge is 0.344 e. The van der Waals surface area contributed by atoms with Crippen molar-refractivity contribution in [2.24, 2.45) is 0 Å². The van der Waals surface area contributed by atoms with Gasteiger partial charge in [-0.2, -0.15) is 0 Å². The Balaban J connectivity index is 2.75. The number of anilines is 1. The second kappa shape index (κ2) is 3.66. The fourth-order valence-electron chi connectivity index (χ4n) is 0.846. The first-order valence-corrected chi connectivity index (χ1v) is 4.16. The number of benzene rings is 1. The molecule has 1 rings (SSSR count). The lowest BCUT2D eigenvalue weighted by Crippen LogP contribution is -2.37. The zero-order chi connectivity index (χ0) is 9.90. The number of hydrogen-bond donors (Lipinski definition) is 2. The van der Waals surface area contributed by atoms with E-state index in [0.29, 0.717) is 5.69 Å². The maximum atomic E-state index is 10.6. The molecular formula is C9H10ClNO2. The van der Waals surface area contributed by atoms with Crippen LogP contribution in [0, 0.1) is 0 Å².